The van der Waals surface area contributed by atoms with Crippen molar-refractivity contribution >= 4 is 19.7 Å². The molecule has 9 nitrogen and oxygen atoms in total. The van der Waals surface area contributed by atoms with Gasteiger partial charge < -0.3 is 19.4 Å². The molecule has 0 fully saturated rings. The van der Waals surface area contributed by atoms with E-state index in [9.17, 15) is 19.0 Å². The van der Waals surface area contributed by atoms with Crippen LogP contribution in [0.15, 0.2) is 122 Å². The van der Waals surface area contributed by atoms with Crippen LogP contribution < -0.4 is 5.32 Å². The van der Waals surface area contributed by atoms with Gasteiger partial charge in [-0.3, -0.25) is 18.6 Å². The molecular weight excluding hydrogens is 1040 g/mol. The fourth-order valence-corrected chi connectivity index (χ4v) is 9.74. The van der Waals surface area contributed by atoms with Gasteiger partial charge in [0, 0.05) is 12.8 Å². The minimum absolute atomic E-state index is 0.0262. The van der Waals surface area contributed by atoms with Gasteiger partial charge in [0.2, 0.25) is 5.91 Å². The zero-order chi connectivity index (χ0) is 60.0. The van der Waals surface area contributed by atoms with Gasteiger partial charge >= 0.3 is 13.8 Å². The minimum atomic E-state index is -4.47. The van der Waals surface area contributed by atoms with Crippen LogP contribution in [-0.4, -0.2) is 74.3 Å². The van der Waals surface area contributed by atoms with Gasteiger partial charge in [-0.25, -0.2) is 4.57 Å². The highest BCUT2D eigenvalue weighted by molar-refractivity contribution is 7.47. The largest absolute Gasteiger partial charge is 0.472 e. The summed E-state index contributed by atoms with van der Waals surface area (Å²) in [7, 11) is 1.45. The van der Waals surface area contributed by atoms with Gasteiger partial charge in [0.05, 0.1) is 33.8 Å². The lowest BCUT2D eigenvalue weighted by molar-refractivity contribution is -0.870. The third-order valence-corrected chi connectivity index (χ3v) is 15.1. The number of quaternary nitrogens is 1. The van der Waals surface area contributed by atoms with Crippen LogP contribution in [-0.2, 0) is 27.9 Å². The van der Waals surface area contributed by atoms with E-state index in [1.54, 1.807) is 0 Å². The molecule has 0 heterocycles. The number of amides is 1. The Morgan fingerprint density at radius 2 is 0.780 bits per heavy atom. The Labute approximate surface area is 505 Å². The molecular formula is C72H126N2O7P+. The van der Waals surface area contributed by atoms with E-state index in [1.165, 1.54) is 109 Å². The Hall–Kier alpha value is -3.59. The number of hydrogen-bond donors (Lipinski definition) is 2. The van der Waals surface area contributed by atoms with Crippen molar-refractivity contribution in [3.05, 3.63) is 122 Å². The first-order chi connectivity index (χ1) is 39.9. The van der Waals surface area contributed by atoms with Crippen molar-refractivity contribution in [1.29, 1.82) is 0 Å². The summed E-state index contributed by atoms with van der Waals surface area (Å²) < 4.78 is 30.7. The van der Waals surface area contributed by atoms with Crippen molar-refractivity contribution in [1.82, 2.24) is 5.32 Å². The molecule has 0 aromatic rings. The van der Waals surface area contributed by atoms with E-state index in [0.717, 1.165) is 122 Å². The topological polar surface area (TPSA) is 111 Å². The fraction of sp³-hybridized carbons (Fsp3) is 0.694. The lowest BCUT2D eigenvalue weighted by Crippen LogP contribution is -2.47. The summed E-state index contributed by atoms with van der Waals surface area (Å²) >= 11 is 0. The summed E-state index contributed by atoms with van der Waals surface area (Å²) in [6, 6.07) is -0.877. The molecule has 10 heteroatoms. The Morgan fingerprint density at radius 3 is 1.21 bits per heavy atom. The summed E-state index contributed by atoms with van der Waals surface area (Å²) in [6.07, 6.45) is 84.9. The number of likely N-dealkylation sites (N-methyl/N-ethyl adjacent to an activating group) is 1. The van der Waals surface area contributed by atoms with Crippen molar-refractivity contribution in [2.75, 3.05) is 40.9 Å². The number of phosphoric ester groups is 1. The number of unbranched alkanes of at least 4 members (excludes halogenated alkanes) is 25. The number of carbonyl (C=O) groups excluding carboxylic acids is 2. The second-order valence-electron chi connectivity index (χ2n) is 23.3. The summed E-state index contributed by atoms with van der Waals surface area (Å²) in [6.45, 7) is 6.83. The molecule has 0 radical (unpaired) electrons. The summed E-state index contributed by atoms with van der Waals surface area (Å²) in [4.78, 5) is 37.8. The molecule has 1 amide bonds. The van der Waals surface area contributed by atoms with Crippen LogP contribution in [0.5, 0.6) is 0 Å². The smallest absolute Gasteiger partial charge is 0.456 e. The van der Waals surface area contributed by atoms with Gasteiger partial charge in [0.25, 0.3) is 0 Å². The maximum Gasteiger partial charge on any atom is 0.472 e. The normalized spacial score (nSPS) is 14.4. The number of carbonyl (C=O) groups is 2. The van der Waals surface area contributed by atoms with Crippen molar-refractivity contribution in [2.24, 2.45) is 0 Å². The average molecular weight is 1160 g/mol. The highest BCUT2D eigenvalue weighted by Crippen LogP contribution is 2.43. The number of nitrogens with one attached hydrogen (secondary N) is 1. The number of nitrogens with zero attached hydrogens (tertiary/aromatic N) is 1. The molecule has 0 spiro atoms. The van der Waals surface area contributed by atoms with E-state index in [-0.39, 0.29) is 37.9 Å². The molecule has 0 aliphatic carbocycles. The molecule has 0 saturated heterocycles. The predicted molar refractivity (Wildman–Crippen MR) is 355 cm³/mol. The molecule has 0 saturated carbocycles. The van der Waals surface area contributed by atoms with Gasteiger partial charge in [-0.15, -0.1) is 0 Å². The van der Waals surface area contributed by atoms with Crippen molar-refractivity contribution in [3.63, 3.8) is 0 Å². The third kappa shape index (κ3) is 61.0. The van der Waals surface area contributed by atoms with Crippen LogP contribution in [0.25, 0.3) is 0 Å². The molecule has 0 aliphatic rings. The highest BCUT2D eigenvalue weighted by Gasteiger charge is 2.30. The number of phosphoric acid groups is 1. The SMILES string of the molecule is CC/C=C\C/C=C\C/C=C\C/C=C\C/C=C\CCCCCC(=O)NC(COP(=O)(O)OCC[N+](C)(C)C)C(/C=C\CCCCCCCCCCCC)OC(=O)CCCCCCCCCCC/C=C\C/C=C\C/C=C\C/C=C\CCCCC. The van der Waals surface area contributed by atoms with E-state index < -0.39 is 20.0 Å². The van der Waals surface area contributed by atoms with E-state index >= 15 is 0 Å². The summed E-state index contributed by atoms with van der Waals surface area (Å²) in [5.41, 5.74) is 0. The lowest BCUT2D eigenvalue weighted by atomic mass is 10.0. The first kappa shape index (κ1) is 78.4. The molecule has 0 aliphatic heterocycles. The summed E-state index contributed by atoms with van der Waals surface area (Å²) in [5, 5.41) is 3.04. The Morgan fingerprint density at radius 1 is 0.439 bits per heavy atom. The first-order valence-corrected chi connectivity index (χ1v) is 34.9. The standard InChI is InChI=1S/C72H125N2O7P/c1-7-10-13-16-19-22-25-28-30-32-34-35-36-37-38-39-41-43-45-47-50-53-56-59-62-65-72(76)81-70(63-60-57-54-51-48-27-24-21-18-15-12-9-3)69(68-80-82(77,78)79-67-66-74(4,5)6)73-71(75)64-61-58-55-52-49-46-44-42-40-33-31-29-26-23-20-17-14-11-8-2/h11,14,19-20,22-23,28-31,34-35,37-38,40,42,46,49,60,63,69-70H,7-10,12-13,15-18,21,24-27,32-33,36,39,41,43-45,47-48,50-59,61-62,64-68H2,1-6H3,(H-,73,75,77,78)/p+1/b14-11-,22-19-,23-20-,30-28-,31-29-,35-34-,38-37-,42-40-,49-46-,63-60-. The molecule has 0 bridgehead atoms. The van der Waals surface area contributed by atoms with Gasteiger partial charge in [-0.2, -0.15) is 0 Å². The number of hydrogen-bond acceptors (Lipinski definition) is 6. The molecule has 0 aromatic carbocycles. The second-order valence-corrected chi connectivity index (χ2v) is 24.7. The average Bonchev–Trinajstić information content (AvgIpc) is 3.47. The fourth-order valence-electron chi connectivity index (χ4n) is 9.01. The quantitative estimate of drug-likeness (QED) is 0.0205. The van der Waals surface area contributed by atoms with Crippen LogP contribution in [0.3, 0.4) is 0 Å². The molecule has 0 aromatic heterocycles. The summed E-state index contributed by atoms with van der Waals surface area (Å²) in [5.74, 6) is -0.554. The van der Waals surface area contributed by atoms with Crippen LogP contribution >= 0.6 is 7.82 Å². The van der Waals surface area contributed by atoms with E-state index in [1.807, 2.05) is 33.3 Å². The maximum atomic E-state index is 13.6. The molecule has 82 heavy (non-hydrogen) atoms. The van der Waals surface area contributed by atoms with Gasteiger partial charge in [0.15, 0.2) is 0 Å². The molecule has 3 unspecified atom stereocenters. The molecule has 0 rings (SSSR count). The molecule has 470 valence electrons. The van der Waals surface area contributed by atoms with E-state index in [2.05, 4.69) is 135 Å². The van der Waals surface area contributed by atoms with E-state index in [4.69, 9.17) is 13.8 Å². The van der Waals surface area contributed by atoms with E-state index in [0.29, 0.717) is 17.4 Å². The monoisotopic (exact) mass is 1160 g/mol. The van der Waals surface area contributed by atoms with Gasteiger partial charge in [-0.05, 0) is 122 Å². The zero-order valence-corrected chi connectivity index (χ0v) is 54.6. The van der Waals surface area contributed by atoms with Crippen molar-refractivity contribution < 1.29 is 37.3 Å². The van der Waals surface area contributed by atoms with Gasteiger partial charge in [0.1, 0.15) is 19.3 Å². The Kier molecular flexibility index (Phi) is 57.9. The second kappa shape index (κ2) is 60.5. The first-order valence-electron chi connectivity index (χ1n) is 33.4. The third-order valence-electron chi connectivity index (χ3n) is 14.1. The number of esters is 1. The minimum Gasteiger partial charge on any atom is -0.456 e. The lowest BCUT2D eigenvalue weighted by Gasteiger charge is -2.27. The predicted octanol–water partition coefficient (Wildman–Crippen LogP) is 21.1. The number of allylic oxidation sites excluding steroid dienone is 19. The molecule has 2 N–H and O–H groups in total. The highest BCUT2D eigenvalue weighted by atomic mass is 31.2. The van der Waals surface area contributed by atoms with Crippen LogP contribution in [0.4, 0.5) is 0 Å². The Bertz CT molecular complexity index is 1820. The van der Waals surface area contributed by atoms with Crippen LogP contribution in [0, 0.1) is 0 Å². The van der Waals surface area contributed by atoms with Crippen LogP contribution in [0.2, 0.25) is 0 Å². The number of rotatable bonds is 59. The maximum absolute atomic E-state index is 13.6. The van der Waals surface area contributed by atoms with Gasteiger partial charge in [-0.1, -0.05) is 258 Å². The van der Waals surface area contributed by atoms with Crippen molar-refractivity contribution in [2.45, 2.75) is 283 Å². The number of ether oxygens (including phenoxy) is 1. The van der Waals surface area contributed by atoms with Crippen LogP contribution in [0.1, 0.15) is 271 Å². The molecule has 3 atom stereocenters. The van der Waals surface area contributed by atoms with Crippen molar-refractivity contribution in [3.8, 4) is 0 Å². The zero-order valence-electron chi connectivity index (χ0n) is 53.7. The Balaban J connectivity index is 5.22.